The van der Waals surface area contributed by atoms with E-state index in [0.29, 0.717) is 32.1 Å². The number of fused-ring (bicyclic) bond motifs is 1. The molecule has 1 aliphatic heterocycles. The van der Waals surface area contributed by atoms with Gasteiger partial charge in [0.15, 0.2) is 6.61 Å². The second-order valence-electron chi connectivity index (χ2n) is 6.71. The Kier molecular flexibility index (Phi) is 5.24. The number of aromatic nitrogens is 2. The van der Waals surface area contributed by atoms with Crippen molar-refractivity contribution in [3.05, 3.63) is 60.4 Å². The van der Waals surface area contributed by atoms with Crippen molar-refractivity contribution in [3.63, 3.8) is 0 Å². The number of hydrogen-bond acceptors (Lipinski definition) is 7. The molecule has 0 unspecified atom stereocenters. The number of ether oxygens (including phenoxy) is 1. The number of anilines is 1. The minimum atomic E-state index is -0.724. The molecule has 1 amide bonds. The highest BCUT2D eigenvalue weighted by molar-refractivity contribution is 5.99. The van der Waals surface area contributed by atoms with Crippen molar-refractivity contribution in [1.29, 1.82) is 0 Å². The highest BCUT2D eigenvalue weighted by Gasteiger charge is 2.24. The van der Waals surface area contributed by atoms with Gasteiger partial charge in [0.1, 0.15) is 11.3 Å². The third-order valence-electron chi connectivity index (χ3n) is 4.88. The van der Waals surface area contributed by atoms with Gasteiger partial charge in [-0.3, -0.25) is 4.79 Å². The Labute approximate surface area is 167 Å². The lowest BCUT2D eigenvalue weighted by Crippen LogP contribution is -2.50. The molecular formula is C21H20N4O4. The molecule has 0 bridgehead atoms. The van der Waals surface area contributed by atoms with E-state index in [1.165, 1.54) is 6.07 Å². The van der Waals surface area contributed by atoms with Crippen molar-refractivity contribution in [2.24, 2.45) is 0 Å². The quantitative estimate of drug-likeness (QED) is 0.677. The molecule has 8 nitrogen and oxygen atoms in total. The van der Waals surface area contributed by atoms with Gasteiger partial charge in [-0.25, -0.2) is 14.8 Å². The van der Waals surface area contributed by atoms with Gasteiger partial charge in [0.25, 0.3) is 5.91 Å². The molecule has 2 heterocycles. The zero-order valence-electron chi connectivity index (χ0n) is 15.7. The first-order chi connectivity index (χ1) is 14.1. The van der Waals surface area contributed by atoms with Crippen molar-refractivity contribution >= 4 is 28.6 Å². The summed E-state index contributed by atoms with van der Waals surface area (Å²) in [5.74, 6) is -0.527. The number of rotatable bonds is 4. The van der Waals surface area contributed by atoms with E-state index in [9.17, 15) is 14.7 Å². The molecule has 0 saturated carbocycles. The number of nitrogens with zero attached hydrogens (tertiary/aromatic N) is 4. The predicted octanol–water partition coefficient (Wildman–Crippen LogP) is 1.84. The molecule has 1 fully saturated rings. The number of carbonyl (C=O) groups excluding carboxylic acids is 2. The van der Waals surface area contributed by atoms with Crippen LogP contribution in [0.3, 0.4) is 0 Å². The fraction of sp³-hybridized carbons (Fsp3) is 0.238. The lowest BCUT2D eigenvalue weighted by molar-refractivity contribution is -0.134. The molecule has 148 valence electrons. The fourth-order valence-corrected chi connectivity index (χ4v) is 3.30. The van der Waals surface area contributed by atoms with Crippen LogP contribution < -0.4 is 4.90 Å². The molecular weight excluding hydrogens is 372 g/mol. The molecule has 3 aromatic rings. The summed E-state index contributed by atoms with van der Waals surface area (Å²) in [6.07, 6.45) is 3.36. The summed E-state index contributed by atoms with van der Waals surface area (Å²) in [4.78, 5) is 36.8. The maximum absolute atomic E-state index is 12.4. The van der Waals surface area contributed by atoms with E-state index in [-0.39, 0.29) is 23.8 Å². The van der Waals surface area contributed by atoms with Crippen LogP contribution in [0.5, 0.6) is 5.75 Å². The number of benzene rings is 2. The van der Waals surface area contributed by atoms with E-state index in [4.69, 9.17) is 4.74 Å². The van der Waals surface area contributed by atoms with Gasteiger partial charge >= 0.3 is 5.97 Å². The first-order valence-corrected chi connectivity index (χ1v) is 9.30. The first kappa shape index (κ1) is 18.7. The van der Waals surface area contributed by atoms with Gasteiger partial charge in [-0.2, -0.15) is 0 Å². The van der Waals surface area contributed by atoms with E-state index in [1.54, 1.807) is 29.4 Å². The average Bonchev–Trinajstić information content (AvgIpc) is 2.77. The molecule has 0 spiro atoms. The number of phenolic OH excluding ortho intramolecular Hbond substituents is 1. The SMILES string of the molecule is O=C(OCC(=O)N1CCN(c2ncccn2)CC1)c1cc2ccccc2cc1O. The van der Waals surface area contributed by atoms with Crippen LogP contribution in [0.15, 0.2) is 54.9 Å². The highest BCUT2D eigenvalue weighted by Crippen LogP contribution is 2.25. The molecule has 1 N–H and O–H groups in total. The summed E-state index contributed by atoms with van der Waals surface area (Å²) in [5.41, 5.74) is 0.0440. The summed E-state index contributed by atoms with van der Waals surface area (Å²) >= 11 is 0. The zero-order valence-corrected chi connectivity index (χ0v) is 15.7. The zero-order chi connectivity index (χ0) is 20.2. The molecule has 0 radical (unpaired) electrons. The van der Waals surface area contributed by atoms with E-state index < -0.39 is 5.97 Å². The van der Waals surface area contributed by atoms with Crippen molar-refractivity contribution in [2.45, 2.75) is 0 Å². The first-order valence-electron chi connectivity index (χ1n) is 9.30. The average molecular weight is 392 g/mol. The van der Waals surface area contributed by atoms with E-state index in [2.05, 4.69) is 9.97 Å². The number of hydrogen-bond donors (Lipinski definition) is 1. The van der Waals surface area contributed by atoms with E-state index in [1.807, 2.05) is 29.2 Å². The Bertz CT molecular complexity index is 1030. The summed E-state index contributed by atoms with van der Waals surface area (Å²) in [6, 6.07) is 12.2. The number of esters is 1. The molecule has 8 heteroatoms. The van der Waals surface area contributed by atoms with Gasteiger partial charge < -0.3 is 19.6 Å². The van der Waals surface area contributed by atoms with Crippen molar-refractivity contribution in [1.82, 2.24) is 14.9 Å². The van der Waals surface area contributed by atoms with Crippen LogP contribution in [0.1, 0.15) is 10.4 Å². The lowest BCUT2D eigenvalue weighted by Gasteiger charge is -2.34. The van der Waals surface area contributed by atoms with Crippen LogP contribution in [-0.4, -0.2) is 64.6 Å². The molecule has 2 aromatic carbocycles. The standard InChI is InChI=1S/C21H20N4O4/c26-18-13-16-5-2-1-4-15(16)12-17(18)20(28)29-14-19(27)24-8-10-25(11-9-24)21-22-6-3-7-23-21/h1-7,12-13,26H,8-11,14H2. The molecule has 0 aliphatic carbocycles. The maximum Gasteiger partial charge on any atom is 0.342 e. The predicted molar refractivity (Wildman–Crippen MR) is 107 cm³/mol. The highest BCUT2D eigenvalue weighted by atomic mass is 16.5. The summed E-state index contributed by atoms with van der Waals surface area (Å²) in [6.45, 7) is 1.84. The number of phenols is 1. The van der Waals surface area contributed by atoms with E-state index in [0.717, 1.165) is 10.8 Å². The normalized spacial score (nSPS) is 14.1. The monoisotopic (exact) mass is 392 g/mol. The van der Waals surface area contributed by atoms with Gasteiger partial charge in [-0.1, -0.05) is 24.3 Å². The number of carbonyl (C=O) groups is 2. The number of amides is 1. The van der Waals surface area contributed by atoms with Crippen LogP contribution in [0, 0.1) is 0 Å². The number of piperazine rings is 1. The topological polar surface area (TPSA) is 95.9 Å². The molecule has 1 aliphatic rings. The Hall–Kier alpha value is -3.68. The molecule has 1 aromatic heterocycles. The van der Waals surface area contributed by atoms with Gasteiger partial charge in [0, 0.05) is 38.6 Å². The largest absolute Gasteiger partial charge is 0.507 e. The van der Waals surface area contributed by atoms with Crippen molar-refractivity contribution in [2.75, 3.05) is 37.7 Å². The van der Waals surface area contributed by atoms with Crippen LogP contribution in [0.25, 0.3) is 10.8 Å². The molecule has 4 rings (SSSR count). The molecule has 29 heavy (non-hydrogen) atoms. The van der Waals surface area contributed by atoms with E-state index >= 15 is 0 Å². The Balaban J connectivity index is 1.33. The molecule has 0 atom stereocenters. The van der Waals surface area contributed by atoms with Crippen molar-refractivity contribution in [3.8, 4) is 5.75 Å². The van der Waals surface area contributed by atoms with Gasteiger partial charge in [0.2, 0.25) is 5.95 Å². The van der Waals surface area contributed by atoms with Crippen LogP contribution in [0.4, 0.5) is 5.95 Å². The summed E-state index contributed by atoms with van der Waals surface area (Å²) in [7, 11) is 0. The Morgan fingerprint density at radius 2 is 1.62 bits per heavy atom. The van der Waals surface area contributed by atoms with Crippen LogP contribution in [-0.2, 0) is 9.53 Å². The minimum Gasteiger partial charge on any atom is -0.507 e. The lowest BCUT2D eigenvalue weighted by atomic mass is 10.1. The van der Waals surface area contributed by atoms with Crippen molar-refractivity contribution < 1.29 is 19.4 Å². The maximum atomic E-state index is 12.4. The molecule has 1 saturated heterocycles. The smallest absolute Gasteiger partial charge is 0.342 e. The minimum absolute atomic E-state index is 0.0440. The van der Waals surface area contributed by atoms with Gasteiger partial charge in [0.05, 0.1) is 0 Å². The summed E-state index contributed by atoms with van der Waals surface area (Å²) < 4.78 is 5.16. The second kappa shape index (κ2) is 8.14. The Morgan fingerprint density at radius 3 is 2.31 bits per heavy atom. The number of aromatic hydroxyl groups is 1. The van der Waals surface area contributed by atoms with Crippen LogP contribution in [0.2, 0.25) is 0 Å². The van der Waals surface area contributed by atoms with Crippen LogP contribution >= 0.6 is 0 Å². The van der Waals surface area contributed by atoms with Gasteiger partial charge in [-0.15, -0.1) is 0 Å². The summed E-state index contributed by atoms with van der Waals surface area (Å²) in [5, 5.41) is 11.7. The third-order valence-corrected chi connectivity index (χ3v) is 4.88. The fourth-order valence-electron chi connectivity index (χ4n) is 3.30. The Morgan fingerprint density at radius 1 is 0.966 bits per heavy atom. The van der Waals surface area contributed by atoms with Gasteiger partial charge in [-0.05, 0) is 29.0 Å². The third kappa shape index (κ3) is 4.11. The second-order valence-corrected chi connectivity index (χ2v) is 6.71.